The molecule has 3 nitrogen and oxygen atoms in total. The third-order valence-electron chi connectivity index (χ3n) is 2.82. The SMILES string of the molecule is CCCN(CC(F)(F)F)c1nc(C)cc(C)c1CN. The summed E-state index contributed by atoms with van der Waals surface area (Å²) < 4.78 is 38.0. The van der Waals surface area contributed by atoms with Crippen molar-refractivity contribution in [3.05, 3.63) is 22.9 Å². The number of rotatable bonds is 5. The number of hydrogen-bond acceptors (Lipinski definition) is 3. The zero-order valence-corrected chi connectivity index (χ0v) is 11.5. The molecule has 0 saturated carbocycles. The lowest BCUT2D eigenvalue weighted by molar-refractivity contribution is -0.119. The number of nitrogens with two attached hydrogens (primary N) is 1. The van der Waals surface area contributed by atoms with Crippen LogP contribution in [0.15, 0.2) is 6.07 Å². The standard InChI is InChI=1S/C13H20F3N3/c1-4-5-19(8-13(14,15)16)12-11(7-17)9(2)6-10(3)18-12/h6H,4-5,7-8,17H2,1-3H3. The maximum Gasteiger partial charge on any atom is 0.405 e. The molecule has 0 saturated heterocycles. The summed E-state index contributed by atoms with van der Waals surface area (Å²) in [6.45, 7) is 4.96. The van der Waals surface area contributed by atoms with Gasteiger partial charge in [0.1, 0.15) is 12.4 Å². The summed E-state index contributed by atoms with van der Waals surface area (Å²) in [6, 6.07) is 1.84. The lowest BCUT2D eigenvalue weighted by Crippen LogP contribution is -2.36. The smallest absolute Gasteiger partial charge is 0.347 e. The van der Waals surface area contributed by atoms with Crippen LogP contribution < -0.4 is 10.6 Å². The van der Waals surface area contributed by atoms with Crippen LogP contribution in [-0.4, -0.2) is 24.2 Å². The van der Waals surface area contributed by atoms with Crippen LogP contribution in [0.5, 0.6) is 0 Å². The van der Waals surface area contributed by atoms with E-state index < -0.39 is 12.7 Å². The van der Waals surface area contributed by atoms with Gasteiger partial charge in [-0.05, 0) is 31.9 Å². The third kappa shape index (κ3) is 4.38. The van der Waals surface area contributed by atoms with Crippen LogP contribution in [0.2, 0.25) is 0 Å². The van der Waals surface area contributed by atoms with Crippen molar-refractivity contribution >= 4 is 5.82 Å². The van der Waals surface area contributed by atoms with E-state index in [1.54, 1.807) is 6.92 Å². The van der Waals surface area contributed by atoms with E-state index in [0.29, 0.717) is 30.0 Å². The summed E-state index contributed by atoms with van der Waals surface area (Å²) in [7, 11) is 0. The number of nitrogens with zero attached hydrogens (tertiary/aromatic N) is 2. The highest BCUT2D eigenvalue weighted by molar-refractivity contribution is 5.51. The average Bonchev–Trinajstić information content (AvgIpc) is 2.25. The van der Waals surface area contributed by atoms with Crippen molar-refractivity contribution in [1.82, 2.24) is 4.98 Å². The van der Waals surface area contributed by atoms with E-state index in [2.05, 4.69) is 4.98 Å². The van der Waals surface area contributed by atoms with Crippen LogP contribution in [0.4, 0.5) is 19.0 Å². The van der Waals surface area contributed by atoms with Crippen LogP contribution in [0.3, 0.4) is 0 Å². The second-order valence-corrected chi connectivity index (χ2v) is 4.62. The highest BCUT2D eigenvalue weighted by atomic mass is 19.4. The van der Waals surface area contributed by atoms with E-state index in [4.69, 9.17) is 5.73 Å². The van der Waals surface area contributed by atoms with E-state index in [-0.39, 0.29) is 6.54 Å². The van der Waals surface area contributed by atoms with Gasteiger partial charge in [0.25, 0.3) is 0 Å². The van der Waals surface area contributed by atoms with Gasteiger partial charge in [-0.15, -0.1) is 0 Å². The molecular formula is C13H20F3N3. The first-order valence-corrected chi connectivity index (χ1v) is 6.27. The first-order chi connectivity index (χ1) is 8.78. The number of aryl methyl sites for hydroxylation is 2. The Kier molecular flexibility index (Phi) is 5.17. The predicted molar refractivity (Wildman–Crippen MR) is 70.2 cm³/mol. The van der Waals surface area contributed by atoms with E-state index in [1.807, 2.05) is 19.9 Å². The monoisotopic (exact) mass is 275 g/mol. The second-order valence-electron chi connectivity index (χ2n) is 4.62. The molecular weight excluding hydrogens is 255 g/mol. The summed E-state index contributed by atoms with van der Waals surface area (Å²) >= 11 is 0. The highest BCUT2D eigenvalue weighted by Gasteiger charge is 2.32. The average molecular weight is 275 g/mol. The van der Waals surface area contributed by atoms with Gasteiger partial charge in [-0.25, -0.2) is 4.98 Å². The molecule has 19 heavy (non-hydrogen) atoms. The van der Waals surface area contributed by atoms with Gasteiger partial charge in [0.15, 0.2) is 0 Å². The fourth-order valence-corrected chi connectivity index (χ4v) is 2.10. The molecule has 0 bridgehead atoms. The minimum absolute atomic E-state index is 0.187. The predicted octanol–water partition coefficient (Wildman–Crippen LogP) is 2.94. The quantitative estimate of drug-likeness (QED) is 0.898. The molecule has 1 rings (SSSR count). The minimum Gasteiger partial charge on any atom is -0.347 e. The van der Waals surface area contributed by atoms with E-state index in [0.717, 1.165) is 5.56 Å². The van der Waals surface area contributed by atoms with Gasteiger partial charge < -0.3 is 10.6 Å². The number of halogens is 3. The maximum atomic E-state index is 12.7. The van der Waals surface area contributed by atoms with Crippen molar-refractivity contribution in [2.24, 2.45) is 5.73 Å². The van der Waals surface area contributed by atoms with E-state index >= 15 is 0 Å². The molecule has 0 atom stereocenters. The van der Waals surface area contributed by atoms with Crippen LogP contribution >= 0.6 is 0 Å². The molecule has 0 aliphatic rings. The molecule has 0 radical (unpaired) electrons. The second kappa shape index (κ2) is 6.23. The van der Waals surface area contributed by atoms with Crippen LogP contribution in [0.25, 0.3) is 0 Å². The Labute approximate surface area is 111 Å². The maximum absolute atomic E-state index is 12.7. The molecule has 0 aliphatic heterocycles. The van der Waals surface area contributed by atoms with Crippen molar-refractivity contribution in [3.63, 3.8) is 0 Å². The first kappa shape index (κ1) is 15.8. The number of aromatic nitrogens is 1. The first-order valence-electron chi connectivity index (χ1n) is 6.27. The molecule has 1 aromatic rings. The lowest BCUT2D eigenvalue weighted by atomic mass is 10.1. The Balaban J connectivity index is 3.21. The molecule has 6 heteroatoms. The van der Waals surface area contributed by atoms with E-state index in [1.165, 1.54) is 4.90 Å². The van der Waals surface area contributed by atoms with Crippen LogP contribution in [0.1, 0.15) is 30.2 Å². The highest BCUT2D eigenvalue weighted by Crippen LogP contribution is 2.26. The van der Waals surface area contributed by atoms with Crippen molar-refractivity contribution < 1.29 is 13.2 Å². The molecule has 0 amide bonds. The molecule has 0 unspecified atom stereocenters. The van der Waals surface area contributed by atoms with Gasteiger partial charge in [-0.2, -0.15) is 13.2 Å². The van der Waals surface area contributed by atoms with Crippen LogP contribution in [-0.2, 0) is 6.54 Å². The third-order valence-corrected chi connectivity index (χ3v) is 2.82. The van der Waals surface area contributed by atoms with Gasteiger partial charge in [-0.1, -0.05) is 6.92 Å². The molecule has 1 aromatic heterocycles. The summed E-state index contributed by atoms with van der Waals surface area (Å²) in [5, 5.41) is 0. The summed E-state index contributed by atoms with van der Waals surface area (Å²) in [5.41, 5.74) is 7.92. The molecule has 0 spiro atoms. The Morgan fingerprint density at radius 1 is 1.32 bits per heavy atom. The zero-order valence-electron chi connectivity index (χ0n) is 11.5. The van der Waals surface area contributed by atoms with Gasteiger partial charge in [0.2, 0.25) is 0 Å². The molecule has 1 heterocycles. The minimum atomic E-state index is -4.25. The topological polar surface area (TPSA) is 42.2 Å². The normalized spacial score (nSPS) is 11.7. The van der Waals surface area contributed by atoms with Crippen molar-refractivity contribution in [2.75, 3.05) is 18.0 Å². The molecule has 2 N–H and O–H groups in total. The molecule has 0 fully saturated rings. The van der Waals surface area contributed by atoms with Crippen molar-refractivity contribution in [2.45, 2.75) is 39.9 Å². The summed E-state index contributed by atoms with van der Waals surface area (Å²) in [4.78, 5) is 5.52. The fraction of sp³-hybridized carbons (Fsp3) is 0.615. The fourth-order valence-electron chi connectivity index (χ4n) is 2.10. The van der Waals surface area contributed by atoms with Gasteiger partial charge >= 0.3 is 6.18 Å². The van der Waals surface area contributed by atoms with Gasteiger partial charge in [0, 0.05) is 24.3 Å². The molecule has 0 aliphatic carbocycles. The molecule has 108 valence electrons. The number of pyridine rings is 1. The van der Waals surface area contributed by atoms with Gasteiger partial charge in [-0.3, -0.25) is 0 Å². The number of hydrogen-bond donors (Lipinski definition) is 1. The number of anilines is 1. The lowest BCUT2D eigenvalue weighted by Gasteiger charge is -2.27. The summed E-state index contributed by atoms with van der Waals surface area (Å²) in [6.07, 6.45) is -3.63. The Morgan fingerprint density at radius 3 is 2.42 bits per heavy atom. The Morgan fingerprint density at radius 2 is 1.95 bits per heavy atom. The van der Waals surface area contributed by atoms with Crippen molar-refractivity contribution in [1.29, 1.82) is 0 Å². The van der Waals surface area contributed by atoms with Gasteiger partial charge in [0.05, 0.1) is 0 Å². The molecule has 0 aromatic carbocycles. The Hall–Kier alpha value is -1.30. The number of alkyl halides is 3. The van der Waals surface area contributed by atoms with Crippen molar-refractivity contribution in [3.8, 4) is 0 Å². The Bertz CT molecular complexity index is 430. The largest absolute Gasteiger partial charge is 0.405 e. The zero-order chi connectivity index (χ0) is 14.6. The van der Waals surface area contributed by atoms with Crippen LogP contribution in [0, 0.1) is 13.8 Å². The van der Waals surface area contributed by atoms with E-state index in [9.17, 15) is 13.2 Å². The summed E-state index contributed by atoms with van der Waals surface area (Å²) in [5.74, 6) is 0.360.